The van der Waals surface area contributed by atoms with Crippen LogP contribution >= 0.6 is 15.9 Å². The molecule has 3 aromatic carbocycles. The lowest BCUT2D eigenvalue weighted by molar-refractivity contribution is -0.532. The predicted molar refractivity (Wildman–Crippen MR) is 128 cm³/mol. The van der Waals surface area contributed by atoms with Gasteiger partial charge in [0, 0.05) is 26.7 Å². The molecule has 5 rings (SSSR count). The van der Waals surface area contributed by atoms with Gasteiger partial charge >= 0.3 is 0 Å². The first-order chi connectivity index (χ1) is 15.9. The van der Waals surface area contributed by atoms with E-state index < -0.39 is 17.5 Å². The van der Waals surface area contributed by atoms with Crippen molar-refractivity contribution < 1.29 is 14.5 Å². The van der Waals surface area contributed by atoms with E-state index in [4.69, 9.17) is 4.74 Å². The minimum absolute atomic E-state index is 0.285. The van der Waals surface area contributed by atoms with Crippen molar-refractivity contribution in [2.75, 3.05) is 5.32 Å². The van der Waals surface area contributed by atoms with Crippen molar-refractivity contribution in [3.63, 3.8) is 0 Å². The van der Waals surface area contributed by atoms with Gasteiger partial charge in [0.25, 0.3) is 11.9 Å². The molecule has 0 radical (unpaired) electrons. The van der Waals surface area contributed by atoms with Crippen LogP contribution in [-0.4, -0.2) is 22.9 Å². The van der Waals surface area contributed by atoms with Gasteiger partial charge in [-0.1, -0.05) is 58.4 Å². The molecule has 1 fully saturated rings. The summed E-state index contributed by atoms with van der Waals surface area (Å²) >= 11 is 3.42. The van der Waals surface area contributed by atoms with Gasteiger partial charge in [-0.3, -0.25) is 20.2 Å². The summed E-state index contributed by atoms with van der Waals surface area (Å²) < 4.78 is 6.88. The minimum Gasteiger partial charge on any atom is -0.489 e. The number of nitro groups is 1. The number of anilines is 1. The fraction of sp³-hybridized carbons (Fsp3) is 0.240. The Kier molecular flexibility index (Phi) is 5.42. The molecule has 2 N–H and O–H groups in total. The molecule has 2 heterocycles. The average molecular weight is 508 g/mol. The summed E-state index contributed by atoms with van der Waals surface area (Å²) in [5, 5.41) is 18.5. The van der Waals surface area contributed by atoms with Crippen LogP contribution < -0.4 is 15.4 Å². The first kappa shape index (κ1) is 21.6. The Morgan fingerprint density at radius 2 is 1.76 bits per heavy atom. The molecule has 1 saturated heterocycles. The number of carbonyl (C=O) groups is 1. The maximum absolute atomic E-state index is 13.1. The summed E-state index contributed by atoms with van der Waals surface area (Å²) in [5.41, 5.74) is 1.67. The first-order valence-electron chi connectivity index (χ1n) is 10.7. The van der Waals surface area contributed by atoms with E-state index in [9.17, 15) is 14.9 Å². The minimum atomic E-state index is -1.40. The lowest BCUT2D eigenvalue weighted by atomic mass is 9.78. The molecule has 4 atom stereocenters. The number of fused-ring (bicyclic) bond motifs is 2. The summed E-state index contributed by atoms with van der Waals surface area (Å²) in [6, 6.07) is 21.0. The molecule has 168 valence electrons. The number of hydrogen-bond donors (Lipinski definition) is 2. The second kappa shape index (κ2) is 8.28. The van der Waals surface area contributed by atoms with Crippen LogP contribution in [0.1, 0.15) is 29.5 Å². The van der Waals surface area contributed by atoms with Crippen LogP contribution in [0.15, 0.2) is 77.3 Å². The Bertz CT molecular complexity index is 1220. The molecule has 0 unspecified atom stereocenters. The molecule has 33 heavy (non-hydrogen) atoms. The van der Waals surface area contributed by atoms with E-state index in [1.54, 1.807) is 18.2 Å². The van der Waals surface area contributed by atoms with Gasteiger partial charge in [0.2, 0.25) is 0 Å². The molecule has 2 aliphatic rings. The van der Waals surface area contributed by atoms with E-state index in [1.165, 1.54) is 0 Å². The number of benzene rings is 3. The van der Waals surface area contributed by atoms with Gasteiger partial charge in [-0.2, -0.15) is 0 Å². The molecule has 0 aliphatic carbocycles. The third-order valence-electron chi connectivity index (χ3n) is 6.55. The third-order valence-corrected chi connectivity index (χ3v) is 7.08. The van der Waals surface area contributed by atoms with Crippen molar-refractivity contribution in [1.29, 1.82) is 0 Å². The summed E-state index contributed by atoms with van der Waals surface area (Å²) in [6.45, 7) is 2.31. The van der Waals surface area contributed by atoms with Gasteiger partial charge in [-0.05, 0) is 48.4 Å². The van der Waals surface area contributed by atoms with E-state index in [-0.39, 0.29) is 16.9 Å². The van der Waals surface area contributed by atoms with E-state index >= 15 is 0 Å². The first-order valence-corrected chi connectivity index (χ1v) is 11.5. The fourth-order valence-corrected chi connectivity index (χ4v) is 5.35. The molecular formula is C25H22BrN3O4. The Morgan fingerprint density at radius 3 is 2.45 bits per heavy atom. The Balaban J connectivity index is 1.42. The van der Waals surface area contributed by atoms with Gasteiger partial charge in [0.15, 0.2) is 5.54 Å². The highest BCUT2D eigenvalue weighted by molar-refractivity contribution is 9.10. The summed E-state index contributed by atoms with van der Waals surface area (Å²) in [5.74, 6) is -0.191. The molecule has 1 spiro atoms. The lowest BCUT2D eigenvalue weighted by Crippen LogP contribution is -2.54. The van der Waals surface area contributed by atoms with Gasteiger partial charge in [-0.25, -0.2) is 0 Å². The molecule has 2 aliphatic heterocycles. The zero-order chi connectivity index (χ0) is 23.2. The van der Waals surface area contributed by atoms with Crippen molar-refractivity contribution in [3.8, 4) is 5.75 Å². The molecule has 0 aromatic heterocycles. The topological polar surface area (TPSA) is 93.5 Å². The van der Waals surface area contributed by atoms with Gasteiger partial charge in [0.05, 0.1) is 5.92 Å². The van der Waals surface area contributed by atoms with Crippen LogP contribution in [0, 0.1) is 10.1 Å². The summed E-state index contributed by atoms with van der Waals surface area (Å²) in [7, 11) is 0. The number of hydrogen-bond acceptors (Lipinski definition) is 5. The van der Waals surface area contributed by atoms with Crippen LogP contribution in [0.25, 0.3) is 0 Å². The molecule has 8 heteroatoms. The second-order valence-corrected chi connectivity index (χ2v) is 9.40. The number of halogens is 1. The largest absolute Gasteiger partial charge is 0.489 e. The zero-order valence-corrected chi connectivity index (χ0v) is 19.4. The number of carbonyl (C=O) groups excluding carboxylic acids is 1. The highest BCUT2D eigenvalue weighted by Crippen LogP contribution is 2.49. The van der Waals surface area contributed by atoms with Crippen LogP contribution in [-0.2, 0) is 16.9 Å². The SMILES string of the molecule is C[C@@H]1N[C@]2(C(=O)Nc3ccccc32)[C@@H]([N+](=O)[O-])[C@H]1c1ccc(OCc2ccc(Br)cc2)cc1. The van der Waals surface area contributed by atoms with Crippen LogP contribution in [0.5, 0.6) is 5.75 Å². The van der Waals surface area contributed by atoms with Crippen LogP contribution in [0.3, 0.4) is 0 Å². The Labute approximate surface area is 199 Å². The number of nitrogens with one attached hydrogen (secondary N) is 2. The molecule has 3 aromatic rings. The molecule has 7 nitrogen and oxygen atoms in total. The highest BCUT2D eigenvalue weighted by atomic mass is 79.9. The third kappa shape index (κ3) is 3.59. The van der Waals surface area contributed by atoms with Crippen molar-refractivity contribution in [1.82, 2.24) is 5.32 Å². The van der Waals surface area contributed by atoms with Gasteiger partial charge in [0.1, 0.15) is 12.4 Å². The maximum Gasteiger partial charge on any atom is 0.256 e. The van der Waals surface area contributed by atoms with Gasteiger partial charge < -0.3 is 10.1 Å². The van der Waals surface area contributed by atoms with E-state index in [0.717, 1.165) is 15.6 Å². The number of rotatable bonds is 5. The Hall–Kier alpha value is -3.23. The number of para-hydroxylation sites is 1. The number of ether oxygens (including phenoxy) is 1. The summed E-state index contributed by atoms with van der Waals surface area (Å²) in [6.07, 6.45) is 0. The van der Waals surface area contributed by atoms with Crippen molar-refractivity contribution in [2.45, 2.75) is 37.1 Å². The quantitative estimate of drug-likeness (QED) is 0.388. The van der Waals surface area contributed by atoms with E-state index in [0.29, 0.717) is 23.6 Å². The van der Waals surface area contributed by atoms with Crippen molar-refractivity contribution in [2.24, 2.45) is 0 Å². The average Bonchev–Trinajstić information content (AvgIpc) is 3.27. The van der Waals surface area contributed by atoms with E-state index in [1.807, 2.05) is 61.5 Å². The molecule has 0 bridgehead atoms. The summed E-state index contributed by atoms with van der Waals surface area (Å²) in [4.78, 5) is 25.1. The molecule has 1 amide bonds. The second-order valence-electron chi connectivity index (χ2n) is 8.48. The van der Waals surface area contributed by atoms with E-state index in [2.05, 4.69) is 26.6 Å². The maximum atomic E-state index is 13.1. The predicted octanol–water partition coefficient (Wildman–Crippen LogP) is 4.60. The van der Waals surface area contributed by atoms with Gasteiger partial charge in [-0.15, -0.1) is 0 Å². The highest BCUT2D eigenvalue weighted by Gasteiger charge is 2.67. The number of amides is 1. The normalized spacial score (nSPS) is 25.6. The van der Waals surface area contributed by atoms with Crippen molar-refractivity contribution >= 4 is 27.5 Å². The zero-order valence-electron chi connectivity index (χ0n) is 17.8. The fourth-order valence-electron chi connectivity index (χ4n) is 5.09. The Morgan fingerprint density at radius 1 is 1.06 bits per heavy atom. The molecular weight excluding hydrogens is 486 g/mol. The molecule has 0 saturated carbocycles. The van der Waals surface area contributed by atoms with Crippen molar-refractivity contribution in [3.05, 3.63) is 104 Å². The monoisotopic (exact) mass is 507 g/mol. The smallest absolute Gasteiger partial charge is 0.256 e. The van der Waals surface area contributed by atoms with Crippen LogP contribution in [0.4, 0.5) is 5.69 Å². The van der Waals surface area contributed by atoms with Crippen LogP contribution in [0.2, 0.25) is 0 Å². The lowest BCUT2D eigenvalue weighted by Gasteiger charge is -2.25. The standard InChI is InChI=1S/C25H22BrN3O4/c1-15-22(17-8-12-19(13-9-17)33-14-16-6-10-18(26)11-7-16)23(29(31)32)25(28-15)20-4-2-3-5-21(20)27-24(25)30/h2-13,15,22-23,28H,14H2,1H3,(H,27,30)/t15-,22+,23-,25-/m0/s1. The number of nitrogens with zero attached hydrogens (tertiary/aromatic N) is 1.